The molecule has 1 saturated heterocycles. The van der Waals surface area contributed by atoms with Crippen molar-refractivity contribution < 1.29 is 14.3 Å². The number of carbonyl (C=O) groups excluding carboxylic acids is 1. The van der Waals surface area contributed by atoms with Gasteiger partial charge in [0.05, 0.1) is 19.1 Å². The standard InChI is InChI=1S/C26H29N3O4/c1-32-26(31)17-8-10-29(11-9-17)12-13-33-20-6-7-23-19(14-20)16-24(27-23)21-15-18-4-2-3-5-22(18)28-25(21)30/h2-7,14-15,17,24,27H,8-13,16H2,1H3,(H,28,30). The van der Waals surface area contributed by atoms with E-state index in [1.54, 1.807) is 0 Å². The molecule has 3 aromatic rings. The third-order valence-electron chi connectivity index (χ3n) is 6.79. The van der Waals surface area contributed by atoms with Crippen LogP contribution in [-0.2, 0) is 16.0 Å². The number of nitrogens with zero attached hydrogens (tertiary/aromatic N) is 1. The summed E-state index contributed by atoms with van der Waals surface area (Å²) in [7, 11) is 1.46. The van der Waals surface area contributed by atoms with E-state index < -0.39 is 0 Å². The number of aromatic nitrogens is 1. The van der Waals surface area contributed by atoms with Gasteiger partial charge in [-0.2, -0.15) is 0 Å². The molecular formula is C26H29N3O4. The molecule has 0 saturated carbocycles. The van der Waals surface area contributed by atoms with Gasteiger partial charge in [-0.25, -0.2) is 0 Å². The van der Waals surface area contributed by atoms with E-state index in [0.29, 0.717) is 6.61 Å². The number of anilines is 1. The molecule has 2 aromatic carbocycles. The van der Waals surface area contributed by atoms with Crippen LogP contribution in [0.1, 0.15) is 30.0 Å². The number of hydrogen-bond donors (Lipinski definition) is 2. The number of piperidine rings is 1. The van der Waals surface area contributed by atoms with Crippen LogP contribution in [0.2, 0.25) is 0 Å². The Kier molecular flexibility index (Phi) is 6.05. The number of ether oxygens (including phenoxy) is 2. The molecule has 5 rings (SSSR count). The highest BCUT2D eigenvalue weighted by molar-refractivity contribution is 5.79. The van der Waals surface area contributed by atoms with E-state index in [0.717, 1.165) is 72.4 Å². The molecule has 0 aliphatic carbocycles. The zero-order chi connectivity index (χ0) is 22.8. The first kappa shape index (κ1) is 21.5. The number of rotatable bonds is 6. The van der Waals surface area contributed by atoms with E-state index in [1.165, 1.54) is 7.11 Å². The van der Waals surface area contributed by atoms with E-state index in [4.69, 9.17) is 9.47 Å². The summed E-state index contributed by atoms with van der Waals surface area (Å²) in [5.74, 6) is 0.772. The molecule has 2 aliphatic rings. The highest BCUT2D eigenvalue weighted by Crippen LogP contribution is 2.35. The third kappa shape index (κ3) is 4.59. The van der Waals surface area contributed by atoms with Crippen molar-refractivity contribution >= 4 is 22.6 Å². The number of methoxy groups -OCH3 is 1. The summed E-state index contributed by atoms with van der Waals surface area (Å²) in [4.78, 5) is 29.6. The van der Waals surface area contributed by atoms with Gasteiger partial charge < -0.3 is 19.8 Å². The lowest BCUT2D eigenvalue weighted by Gasteiger charge is -2.30. The smallest absolute Gasteiger partial charge is 0.308 e. The number of H-pyrrole nitrogens is 1. The molecule has 1 unspecified atom stereocenters. The molecule has 172 valence electrons. The van der Waals surface area contributed by atoms with Crippen LogP contribution in [0.15, 0.2) is 53.3 Å². The van der Waals surface area contributed by atoms with Gasteiger partial charge >= 0.3 is 5.97 Å². The number of likely N-dealkylation sites (tertiary alicyclic amines) is 1. The Morgan fingerprint density at radius 3 is 2.76 bits per heavy atom. The Bertz CT molecular complexity index is 1210. The molecule has 1 fully saturated rings. The lowest BCUT2D eigenvalue weighted by atomic mass is 9.97. The summed E-state index contributed by atoms with van der Waals surface area (Å²) in [6.45, 7) is 3.21. The first-order valence-electron chi connectivity index (χ1n) is 11.5. The van der Waals surface area contributed by atoms with Crippen molar-refractivity contribution in [3.8, 4) is 5.75 Å². The molecule has 2 aliphatic heterocycles. The molecule has 0 spiro atoms. The number of esters is 1. The molecule has 0 bridgehead atoms. The average Bonchev–Trinajstić information content (AvgIpc) is 3.26. The van der Waals surface area contributed by atoms with Crippen LogP contribution in [0.25, 0.3) is 10.9 Å². The number of carbonyl (C=O) groups is 1. The molecule has 2 N–H and O–H groups in total. The van der Waals surface area contributed by atoms with Gasteiger partial charge in [-0.15, -0.1) is 0 Å². The Labute approximate surface area is 192 Å². The maximum atomic E-state index is 12.7. The average molecular weight is 448 g/mol. The fourth-order valence-electron chi connectivity index (χ4n) is 4.89. The Morgan fingerprint density at radius 2 is 1.94 bits per heavy atom. The minimum Gasteiger partial charge on any atom is -0.492 e. The summed E-state index contributed by atoms with van der Waals surface area (Å²) < 4.78 is 10.9. The summed E-state index contributed by atoms with van der Waals surface area (Å²) in [5, 5.41) is 4.52. The lowest BCUT2D eigenvalue weighted by molar-refractivity contribution is -0.147. The monoisotopic (exact) mass is 447 g/mol. The van der Waals surface area contributed by atoms with Crippen molar-refractivity contribution in [3.05, 3.63) is 70.0 Å². The van der Waals surface area contributed by atoms with Crippen LogP contribution in [0.4, 0.5) is 5.69 Å². The second-order valence-electron chi connectivity index (χ2n) is 8.85. The highest BCUT2D eigenvalue weighted by atomic mass is 16.5. The van der Waals surface area contributed by atoms with E-state index in [1.807, 2.05) is 42.5 Å². The molecule has 3 heterocycles. The molecule has 1 aromatic heterocycles. The highest BCUT2D eigenvalue weighted by Gasteiger charge is 2.26. The fraction of sp³-hybridized carbons (Fsp3) is 0.385. The van der Waals surface area contributed by atoms with Gasteiger partial charge in [0, 0.05) is 23.3 Å². The predicted molar refractivity (Wildman–Crippen MR) is 128 cm³/mol. The normalized spacial score (nSPS) is 18.6. The van der Waals surface area contributed by atoms with Crippen LogP contribution in [0.3, 0.4) is 0 Å². The molecule has 7 nitrogen and oxygen atoms in total. The predicted octanol–water partition coefficient (Wildman–Crippen LogP) is 3.50. The van der Waals surface area contributed by atoms with Crippen LogP contribution in [0, 0.1) is 5.92 Å². The van der Waals surface area contributed by atoms with Crippen molar-refractivity contribution in [2.45, 2.75) is 25.3 Å². The van der Waals surface area contributed by atoms with Gasteiger partial charge in [0.25, 0.3) is 5.56 Å². The molecule has 0 radical (unpaired) electrons. The Balaban J connectivity index is 1.17. The molecule has 7 heteroatoms. The summed E-state index contributed by atoms with van der Waals surface area (Å²) >= 11 is 0. The zero-order valence-corrected chi connectivity index (χ0v) is 18.8. The maximum absolute atomic E-state index is 12.7. The van der Waals surface area contributed by atoms with E-state index in [2.05, 4.69) is 21.3 Å². The summed E-state index contributed by atoms with van der Waals surface area (Å²) in [6.07, 6.45) is 2.42. The molecule has 0 amide bonds. The van der Waals surface area contributed by atoms with Crippen molar-refractivity contribution in [1.29, 1.82) is 0 Å². The number of nitrogens with one attached hydrogen (secondary N) is 2. The molecule has 1 atom stereocenters. The van der Waals surface area contributed by atoms with E-state index in [-0.39, 0.29) is 23.5 Å². The number of pyridine rings is 1. The van der Waals surface area contributed by atoms with Gasteiger partial charge in [0.15, 0.2) is 0 Å². The fourth-order valence-corrected chi connectivity index (χ4v) is 4.89. The minimum absolute atomic E-state index is 0.0270. The van der Waals surface area contributed by atoms with Gasteiger partial charge in [-0.3, -0.25) is 14.5 Å². The Morgan fingerprint density at radius 1 is 1.12 bits per heavy atom. The van der Waals surface area contributed by atoms with Crippen LogP contribution >= 0.6 is 0 Å². The van der Waals surface area contributed by atoms with E-state index >= 15 is 0 Å². The van der Waals surface area contributed by atoms with Crippen molar-refractivity contribution in [3.63, 3.8) is 0 Å². The molecular weight excluding hydrogens is 418 g/mol. The number of benzene rings is 2. The first-order chi connectivity index (χ1) is 16.1. The summed E-state index contributed by atoms with van der Waals surface area (Å²) in [6, 6.07) is 15.8. The number of fused-ring (bicyclic) bond motifs is 2. The molecule has 33 heavy (non-hydrogen) atoms. The lowest BCUT2D eigenvalue weighted by Crippen LogP contribution is -2.38. The Hall–Kier alpha value is -3.32. The van der Waals surface area contributed by atoms with Crippen molar-refractivity contribution in [1.82, 2.24) is 9.88 Å². The largest absolute Gasteiger partial charge is 0.492 e. The SMILES string of the molecule is COC(=O)C1CCN(CCOc2ccc3c(c2)CC(c2cc4ccccc4[nH]c2=O)N3)CC1. The maximum Gasteiger partial charge on any atom is 0.308 e. The number of hydrogen-bond acceptors (Lipinski definition) is 6. The van der Waals surface area contributed by atoms with Gasteiger partial charge in [-0.1, -0.05) is 18.2 Å². The van der Waals surface area contributed by atoms with Crippen molar-refractivity contribution in [2.75, 3.05) is 38.7 Å². The van der Waals surface area contributed by atoms with Crippen molar-refractivity contribution in [2.24, 2.45) is 5.92 Å². The topological polar surface area (TPSA) is 83.7 Å². The zero-order valence-electron chi connectivity index (χ0n) is 18.8. The van der Waals surface area contributed by atoms with Gasteiger partial charge in [-0.05, 0) is 73.6 Å². The number of para-hydroxylation sites is 1. The summed E-state index contributed by atoms with van der Waals surface area (Å²) in [5.41, 5.74) is 3.76. The van der Waals surface area contributed by atoms with Gasteiger partial charge in [0.2, 0.25) is 0 Å². The third-order valence-corrected chi connectivity index (χ3v) is 6.79. The number of aromatic amines is 1. The van der Waals surface area contributed by atoms with Crippen LogP contribution in [0.5, 0.6) is 5.75 Å². The van der Waals surface area contributed by atoms with Gasteiger partial charge in [0.1, 0.15) is 12.4 Å². The second-order valence-corrected chi connectivity index (χ2v) is 8.85. The quantitative estimate of drug-likeness (QED) is 0.563. The van der Waals surface area contributed by atoms with E-state index in [9.17, 15) is 9.59 Å². The minimum atomic E-state index is -0.0957. The first-order valence-corrected chi connectivity index (χ1v) is 11.5. The second kappa shape index (κ2) is 9.27. The van der Waals surface area contributed by atoms with Crippen LogP contribution < -0.4 is 15.6 Å². The van der Waals surface area contributed by atoms with Crippen LogP contribution in [-0.4, -0.2) is 49.2 Å².